The summed E-state index contributed by atoms with van der Waals surface area (Å²) in [5.74, 6) is -0.392. The summed E-state index contributed by atoms with van der Waals surface area (Å²) in [5, 5.41) is 0. The second kappa shape index (κ2) is 6.70. The van der Waals surface area contributed by atoms with Crippen LogP contribution in [0.2, 0.25) is 0 Å². The Morgan fingerprint density at radius 1 is 1.29 bits per heavy atom. The number of amides is 2. The van der Waals surface area contributed by atoms with Crippen LogP contribution in [0.1, 0.15) is 25.8 Å². The third-order valence-corrected chi connectivity index (χ3v) is 3.80. The molecule has 1 saturated heterocycles. The summed E-state index contributed by atoms with van der Waals surface area (Å²) >= 11 is 0. The molecular formula is C16H21FN2O2. The summed E-state index contributed by atoms with van der Waals surface area (Å²) in [7, 11) is 0. The summed E-state index contributed by atoms with van der Waals surface area (Å²) in [6.45, 7) is 5.19. The number of carbonyl (C=O) groups is 2. The normalized spacial score (nSPS) is 15.7. The number of halogens is 1. The topological polar surface area (TPSA) is 40.6 Å². The van der Waals surface area contributed by atoms with E-state index in [1.165, 1.54) is 6.07 Å². The van der Waals surface area contributed by atoms with Crippen LogP contribution in [0, 0.1) is 5.82 Å². The zero-order valence-corrected chi connectivity index (χ0v) is 12.5. The lowest BCUT2D eigenvalue weighted by Gasteiger charge is -2.36. The number of hydrogen-bond donors (Lipinski definition) is 0. The molecule has 0 aliphatic carbocycles. The van der Waals surface area contributed by atoms with E-state index in [-0.39, 0.29) is 36.6 Å². The van der Waals surface area contributed by atoms with E-state index in [9.17, 15) is 14.0 Å². The van der Waals surface area contributed by atoms with E-state index < -0.39 is 0 Å². The van der Waals surface area contributed by atoms with Crippen molar-refractivity contribution in [2.24, 2.45) is 0 Å². The highest BCUT2D eigenvalue weighted by molar-refractivity contribution is 5.86. The van der Waals surface area contributed by atoms with Crippen LogP contribution in [0.3, 0.4) is 0 Å². The highest BCUT2D eigenvalue weighted by Crippen LogP contribution is 2.12. The van der Waals surface area contributed by atoms with Crippen molar-refractivity contribution in [3.63, 3.8) is 0 Å². The Labute approximate surface area is 124 Å². The van der Waals surface area contributed by atoms with Crippen molar-refractivity contribution in [2.75, 3.05) is 19.6 Å². The van der Waals surface area contributed by atoms with Crippen molar-refractivity contribution < 1.29 is 14.0 Å². The van der Waals surface area contributed by atoms with Gasteiger partial charge in [0.2, 0.25) is 11.8 Å². The van der Waals surface area contributed by atoms with E-state index in [0.29, 0.717) is 25.1 Å². The minimum Gasteiger partial charge on any atom is -0.337 e. The standard InChI is InChI=1S/C16H21FN2O2/c1-12(2)19-10-9-18(11-16(19)21)15(20)8-7-13-5-3-4-6-14(13)17/h3-6,12H,7-11H2,1-2H3. The molecule has 1 aromatic carbocycles. The first-order chi connectivity index (χ1) is 9.99. The van der Waals surface area contributed by atoms with Gasteiger partial charge < -0.3 is 9.80 Å². The van der Waals surface area contributed by atoms with Crippen LogP contribution in [0.15, 0.2) is 24.3 Å². The fourth-order valence-corrected chi connectivity index (χ4v) is 2.55. The lowest BCUT2D eigenvalue weighted by atomic mass is 10.1. The van der Waals surface area contributed by atoms with Crippen molar-refractivity contribution in [1.82, 2.24) is 9.80 Å². The summed E-state index contributed by atoms with van der Waals surface area (Å²) in [5.41, 5.74) is 0.540. The Morgan fingerprint density at radius 3 is 2.62 bits per heavy atom. The van der Waals surface area contributed by atoms with E-state index in [0.717, 1.165) is 0 Å². The van der Waals surface area contributed by atoms with Gasteiger partial charge in [0, 0.05) is 25.6 Å². The average molecular weight is 292 g/mol. The number of carbonyl (C=O) groups excluding carboxylic acids is 2. The van der Waals surface area contributed by atoms with Crippen LogP contribution in [0.4, 0.5) is 4.39 Å². The van der Waals surface area contributed by atoms with Gasteiger partial charge in [0.25, 0.3) is 0 Å². The van der Waals surface area contributed by atoms with Crippen LogP contribution in [0.5, 0.6) is 0 Å². The third kappa shape index (κ3) is 3.80. The minimum absolute atomic E-state index is 0.0181. The van der Waals surface area contributed by atoms with Crippen LogP contribution in [0.25, 0.3) is 0 Å². The van der Waals surface area contributed by atoms with Gasteiger partial charge in [0.15, 0.2) is 0 Å². The molecule has 5 heteroatoms. The molecular weight excluding hydrogens is 271 g/mol. The molecule has 0 saturated carbocycles. The van der Waals surface area contributed by atoms with E-state index in [1.807, 2.05) is 13.8 Å². The zero-order valence-electron chi connectivity index (χ0n) is 12.5. The van der Waals surface area contributed by atoms with E-state index in [4.69, 9.17) is 0 Å². The molecule has 1 fully saturated rings. The van der Waals surface area contributed by atoms with Crippen molar-refractivity contribution in [2.45, 2.75) is 32.7 Å². The number of nitrogens with zero attached hydrogens (tertiary/aromatic N) is 2. The Kier molecular flexibility index (Phi) is 4.94. The van der Waals surface area contributed by atoms with E-state index in [1.54, 1.807) is 28.0 Å². The third-order valence-electron chi connectivity index (χ3n) is 3.80. The number of aryl methyl sites for hydroxylation is 1. The molecule has 1 aromatic rings. The van der Waals surface area contributed by atoms with Gasteiger partial charge in [-0.15, -0.1) is 0 Å². The Balaban J connectivity index is 1.88. The minimum atomic E-state index is -0.286. The van der Waals surface area contributed by atoms with Gasteiger partial charge in [-0.2, -0.15) is 0 Å². The van der Waals surface area contributed by atoms with Crippen LogP contribution in [-0.2, 0) is 16.0 Å². The summed E-state index contributed by atoms with van der Waals surface area (Å²) in [6, 6.07) is 6.63. The van der Waals surface area contributed by atoms with E-state index >= 15 is 0 Å². The lowest BCUT2D eigenvalue weighted by Crippen LogP contribution is -2.54. The number of piperazine rings is 1. The number of benzene rings is 1. The maximum Gasteiger partial charge on any atom is 0.242 e. The molecule has 0 bridgehead atoms. The molecule has 114 valence electrons. The van der Waals surface area contributed by atoms with Crippen LogP contribution in [-0.4, -0.2) is 47.3 Å². The predicted molar refractivity (Wildman–Crippen MR) is 78.2 cm³/mol. The fraction of sp³-hybridized carbons (Fsp3) is 0.500. The first-order valence-corrected chi connectivity index (χ1v) is 7.29. The van der Waals surface area contributed by atoms with Gasteiger partial charge in [-0.1, -0.05) is 18.2 Å². The largest absolute Gasteiger partial charge is 0.337 e. The molecule has 1 aliphatic rings. The first-order valence-electron chi connectivity index (χ1n) is 7.29. The summed E-state index contributed by atoms with van der Waals surface area (Å²) in [6.07, 6.45) is 0.597. The smallest absolute Gasteiger partial charge is 0.242 e. The SMILES string of the molecule is CC(C)N1CCN(C(=O)CCc2ccccc2F)CC1=O. The van der Waals surface area contributed by atoms with E-state index in [2.05, 4.69) is 0 Å². The highest BCUT2D eigenvalue weighted by Gasteiger charge is 2.28. The molecule has 4 nitrogen and oxygen atoms in total. The molecule has 1 aliphatic heterocycles. The Morgan fingerprint density at radius 2 is 2.00 bits per heavy atom. The number of rotatable bonds is 4. The molecule has 0 spiro atoms. The first kappa shape index (κ1) is 15.5. The fourth-order valence-electron chi connectivity index (χ4n) is 2.55. The molecule has 1 heterocycles. The Hall–Kier alpha value is -1.91. The van der Waals surface area contributed by atoms with Gasteiger partial charge >= 0.3 is 0 Å². The lowest BCUT2D eigenvalue weighted by molar-refractivity contribution is -0.146. The molecule has 0 radical (unpaired) electrons. The van der Waals surface area contributed by atoms with Crippen molar-refractivity contribution in [1.29, 1.82) is 0 Å². The van der Waals surface area contributed by atoms with Gasteiger partial charge in [-0.05, 0) is 31.9 Å². The molecule has 2 rings (SSSR count). The zero-order chi connectivity index (χ0) is 15.4. The second-order valence-electron chi connectivity index (χ2n) is 5.59. The van der Waals surface area contributed by atoms with Crippen LogP contribution >= 0.6 is 0 Å². The number of hydrogen-bond acceptors (Lipinski definition) is 2. The van der Waals surface area contributed by atoms with Crippen molar-refractivity contribution in [3.05, 3.63) is 35.6 Å². The summed E-state index contributed by atoms with van der Waals surface area (Å²) < 4.78 is 13.5. The summed E-state index contributed by atoms with van der Waals surface area (Å²) in [4.78, 5) is 27.4. The maximum atomic E-state index is 13.5. The van der Waals surface area contributed by atoms with Crippen LogP contribution < -0.4 is 0 Å². The molecule has 0 atom stereocenters. The van der Waals surface area contributed by atoms with Gasteiger partial charge in [-0.3, -0.25) is 9.59 Å². The predicted octanol–water partition coefficient (Wildman–Crippen LogP) is 1.84. The van der Waals surface area contributed by atoms with Crippen molar-refractivity contribution in [3.8, 4) is 0 Å². The quantitative estimate of drug-likeness (QED) is 0.849. The van der Waals surface area contributed by atoms with Gasteiger partial charge in [0.05, 0.1) is 6.54 Å². The molecule has 0 unspecified atom stereocenters. The highest BCUT2D eigenvalue weighted by atomic mass is 19.1. The monoisotopic (exact) mass is 292 g/mol. The maximum absolute atomic E-state index is 13.5. The molecule has 0 aromatic heterocycles. The molecule has 2 amide bonds. The van der Waals surface area contributed by atoms with Crippen molar-refractivity contribution >= 4 is 11.8 Å². The molecule has 0 N–H and O–H groups in total. The van der Waals surface area contributed by atoms with Gasteiger partial charge in [0.1, 0.15) is 5.82 Å². The van der Waals surface area contributed by atoms with Gasteiger partial charge in [-0.25, -0.2) is 4.39 Å². The Bertz CT molecular complexity index is 531. The second-order valence-corrected chi connectivity index (χ2v) is 5.59. The average Bonchev–Trinajstić information content (AvgIpc) is 2.45. The molecule has 21 heavy (non-hydrogen) atoms.